The number of alkyl halides is 3. The minimum absolute atomic E-state index is 0.107. The smallest absolute Gasteiger partial charge is 0.416 e. The topological polar surface area (TPSA) is 70.4 Å². The van der Waals surface area contributed by atoms with Crippen LogP contribution in [0.3, 0.4) is 0 Å². The largest absolute Gasteiger partial charge is 0.485 e. The highest BCUT2D eigenvalue weighted by Crippen LogP contribution is 2.41. The fourth-order valence-electron chi connectivity index (χ4n) is 4.64. The van der Waals surface area contributed by atoms with Crippen molar-refractivity contribution in [1.29, 1.82) is 0 Å². The highest BCUT2D eigenvalue weighted by Gasteiger charge is 2.34. The monoisotopic (exact) mass is 618 g/mol. The van der Waals surface area contributed by atoms with Crippen LogP contribution in [0, 0.1) is 29.1 Å². The van der Waals surface area contributed by atoms with Gasteiger partial charge in [-0.1, -0.05) is 6.07 Å². The second kappa shape index (κ2) is 10.6. The molecule has 0 N–H and O–H groups in total. The summed E-state index contributed by atoms with van der Waals surface area (Å²) in [6.07, 6.45) is -2.75. The van der Waals surface area contributed by atoms with Crippen LogP contribution in [0.1, 0.15) is 35.6 Å². The molecule has 0 amide bonds. The van der Waals surface area contributed by atoms with Gasteiger partial charge in [-0.3, -0.25) is 4.68 Å². The number of rotatable bonds is 6. The van der Waals surface area contributed by atoms with Gasteiger partial charge in [-0.25, -0.2) is 13.2 Å². The summed E-state index contributed by atoms with van der Waals surface area (Å²) < 4.78 is 146. The minimum atomic E-state index is -5.07. The maximum absolute atomic E-state index is 14.0. The summed E-state index contributed by atoms with van der Waals surface area (Å²) in [6.45, 7) is 0. The van der Waals surface area contributed by atoms with Crippen molar-refractivity contribution in [2.75, 3.05) is 0 Å². The minimum Gasteiger partial charge on any atom is -0.485 e. The van der Waals surface area contributed by atoms with Gasteiger partial charge in [0.1, 0.15) is 16.7 Å². The Hall–Kier alpha value is -4.14. The van der Waals surface area contributed by atoms with E-state index in [2.05, 4.69) is 9.28 Å². The summed E-state index contributed by atoms with van der Waals surface area (Å²) in [5.74, 6) is -14.0. The van der Waals surface area contributed by atoms with Crippen molar-refractivity contribution in [2.24, 2.45) is 7.05 Å². The third-order valence-electron chi connectivity index (χ3n) is 6.70. The zero-order valence-corrected chi connectivity index (χ0v) is 22.1. The third kappa shape index (κ3) is 5.28. The van der Waals surface area contributed by atoms with E-state index in [4.69, 9.17) is 4.74 Å². The average Bonchev–Trinajstić information content (AvgIpc) is 3.38. The van der Waals surface area contributed by atoms with Gasteiger partial charge in [0.05, 0.1) is 11.3 Å². The molecule has 1 aliphatic carbocycles. The molecule has 0 saturated carbocycles. The Morgan fingerprint density at radius 3 is 2.19 bits per heavy atom. The molecule has 3 aromatic carbocycles. The molecule has 1 unspecified atom stereocenters. The van der Waals surface area contributed by atoms with E-state index < -0.39 is 67.7 Å². The van der Waals surface area contributed by atoms with Crippen molar-refractivity contribution < 1.29 is 52.5 Å². The fourth-order valence-corrected chi connectivity index (χ4v) is 5.62. The molecule has 222 valence electrons. The molecule has 0 bridgehead atoms. The predicted molar refractivity (Wildman–Crippen MR) is 130 cm³/mol. The van der Waals surface area contributed by atoms with Crippen molar-refractivity contribution in [3.05, 3.63) is 94.4 Å². The maximum Gasteiger partial charge on any atom is 0.416 e. The number of hydrogen-bond acceptors (Lipinski definition) is 5. The third-order valence-corrected chi connectivity index (χ3v) is 7.92. The standard InChI is InChI=1S/C27H18F8N2O4S/c1-37-18(9-10-36-37)17-12-14(27(33,34)35)5-8-20(17)40-19-4-2-3-13-11-15(6-7-16(13)19)42(38,39)41-26-24(31)22(29)21(28)23(30)25(26)32/h5-12,19H,2-4H2,1H3. The molecule has 0 saturated heterocycles. The van der Waals surface area contributed by atoms with E-state index in [1.165, 1.54) is 29.1 Å². The molecule has 5 rings (SSSR count). The zero-order chi connectivity index (χ0) is 30.6. The molecule has 15 heteroatoms. The normalized spacial score (nSPS) is 15.4. The first-order valence-electron chi connectivity index (χ1n) is 12.1. The Balaban J connectivity index is 1.48. The average molecular weight is 619 g/mol. The molecule has 0 spiro atoms. The van der Waals surface area contributed by atoms with Crippen LogP contribution in [0.25, 0.3) is 11.3 Å². The van der Waals surface area contributed by atoms with E-state index in [-0.39, 0.29) is 11.3 Å². The van der Waals surface area contributed by atoms with Crippen LogP contribution in [0.2, 0.25) is 0 Å². The van der Waals surface area contributed by atoms with E-state index in [0.717, 1.165) is 24.3 Å². The molecule has 1 aliphatic rings. The number of benzene rings is 3. The number of hydrogen-bond donors (Lipinski definition) is 0. The van der Waals surface area contributed by atoms with Crippen LogP contribution in [-0.4, -0.2) is 18.2 Å². The van der Waals surface area contributed by atoms with Crippen LogP contribution in [0.4, 0.5) is 35.1 Å². The highest BCUT2D eigenvalue weighted by atomic mass is 32.2. The van der Waals surface area contributed by atoms with Crippen LogP contribution >= 0.6 is 0 Å². The zero-order valence-electron chi connectivity index (χ0n) is 21.3. The first kappa shape index (κ1) is 29.4. The molecule has 1 atom stereocenters. The van der Waals surface area contributed by atoms with E-state index >= 15 is 0 Å². The van der Waals surface area contributed by atoms with Crippen LogP contribution in [-0.2, 0) is 29.8 Å². The predicted octanol–water partition coefficient (Wildman–Crippen LogP) is 7.03. The van der Waals surface area contributed by atoms with Crippen LogP contribution < -0.4 is 8.92 Å². The summed E-state index contributed by atoms with van der Waals surface area (Å²) in [5, 5.41) is 4.00. The Bertz CT molecular complexity index is 1780. The van der Waals surface area contributed by atoms with Gasteiger partial charge in [-0.15, -0.1) is 0 Å². The molecule has 0 aliphatic heterocycles. The second-order valence-corrected chi connectivity index (χ2v) is 10.9. The Morgan fingerprint density at radius 2 is 1.57 bits per heavy atom. The second-order valence-electron chi connectivity index (χ2n) is 9.34. The van der Waals surface area contributed by atoms with E-state index in [1.54, 1.807) is 7.05 Å². The van der Waals surface area contributed by atoms with Crippen molar-refractivity contribution >= 4 is 10.1 Å². The molecule has 4 aromatic rings. The van der Waals surface area contributed by atoms with Crippen molar-refractivity contribution in [3.63, 3.8) is 0 Å². The first-order valence-corrected chi connectivity index (χ1v) is 13.5. The van der Waals surface area contributed by atoms with Gasteiger partial charge >= 0.3 is 16.3 Å². The lowest BCUT2D eigenvalue weighted by atomic mass is 9.89. The van der Waals surface area contributed by atoms with E-state index in [1.807, 2.05) is 0 Å². The highest BCUT2D eigenvalue weighted by molar-refractivity contribution is 7.87. The molecule has 1 aromatic heterocycles. The van der Waals surface area contributed by atoms with Gasteiger partial charge in [0.25, 0.3) is 0 Å². The molecular weight excluding hydrogens is 600 g/mol. The number of halogens is 8. The summed E-state index contributed by atoms with van der Waals surface area (Å²) in [5.41, 5.74) is 0.444. The van der Waals surface area contributed by atoms with Gasteiger partial charge in [0.15, 0.2) is 0 Å². The Kier molecular flexibility index (Phi) is 7.41. The van der Waals surface area contributed by atoms with Crippen molar-refractivity contribution in [3.8, 4) is 22.8 Å². The summed E-state index contributed by atoms with van der Waals surface area (Å²) in [4.78, 5) is -0.629. The van der Waals surface area contributed by atoms with Gasteiger partial charge in [0.2, 0.25) is 34.8 Å². The van der Waals surface area contributed by atoms with Crippen molar-refractivity contribution in [1.82, 2.24) is 9.78 Å². The molecule has 0 fully saturated rings. The summed E-state index contributed by atoms with van der Waals surface area (Å²) >= 11 is 0. The summed E-state index contributed by atoms with van der Waals surface area (Å²) in [7, 11) is -3.52. The first-order chi connectivity index (χ1) is 19.7. The number of ether oxygens (including phenoxy) is 1. The van der Waals surface area contributed by atoms with Gasteiger partial charge in [0, 0.05) is 18.8 Å². The Morgan fingerprint density at radius 1 is 0.905 bits per heavy atom. The lowest BCUT2D eigenvalue weighted by Gasteiger charge is -2.28. The number of aromatic nitrogens is 2. The molecule has 0 radical (unpaired) electrons. The number of fused-ring (bicyclic) bond motifs is 1. The Labute approximate surface area is 233 Å². The van der Waals surface area contributed by atoms with Crippen molar-refractivity contribution in [2.45, 2.75) is 36.4 Å². The van der Waals surface area contributed by atoms with Gasteiger partial charge in [-0.05, 0) is 66.8 Å². The molecular formula is C27H18F8N2O4S. The molecule has 42 heavy (non-hydrogen) atoms. The number of nitrogens with zero attached hydrogens (tertiary/aromatic N) is 2. The van der Waals surface area contributed by atoms with E-state index in [9.17, 15) is 43.5 Å². The van der Waals surface area contributed by atoms with Crippen LogP contribution in [0.5, 0.6) is 11.5 Å². The molecule has 6 nitrogen and oxygen atoms in total. The van der Waals surface area contributed by atoms with Gasteiger partial charge in [-0.2, -0.15) is 35.5 Å². The van der Waals surface area contributed by atoms with E-state index in [0.29, 0.717) is 36.1 Å². The SMILES string of the molecule is Cn1nccc1-c1cc(C(F)(F)F)ccc1OC1CCCc2cc(S(=O)(=O)Oc3c(F)c(F)c(F)c(F)c3F)ccc21. The van der Waals surface area contributed by atoms with Crippen LogP contribution in [0.15, 0.2) is 53.6 Å². The quantitative estimate of drug-likeness (QED) is 0.101. The molecule has 1 heterocycles. The lowest BCUT2D eigenvalue weighted by molar-refractivity contribution is -0.137. The summed E-state index contributed by atoms with van der Waals surface area (Å²) in [6, 6.07) is 7.92. The van der Waals surface area contributed by atoms with Gasteiger partial charge < -0.3 is 8.92 Å². The maximum atomic E-state index is 14.0. The number of aryl methyl sites for hydroxylation is 2. The lowest BCUT2D eigenvalue weighted by Crippen LogP contribution is -2.18. The fraction of sp³-hybridized carbons (Fsp3) is 0.222.